The topological polar surface area (TPSA) is 75.5 Å². The number of amides is 3. The van der Waals surface area contributed by atoms with Crippen molar-refractivity contribution >= 4 is 45.3 Å². The van der Waals surface area contributed by atoms with Gasteiger partial charge in [-0.3, -0.25) is 19.1 Å². The van der Waals surface area contributed by atoms with Crippen molar-refractivity contribution < 1.29 is 9.59 Å². The molecule has 0 spiro atoms. The highest BCUT2D eigenvalue weighted by Gasteiger charge is 2.32. The molecule has 1 fully saturated rings. The molecule has 2 aromatic heterocycles. The molecule has 0 aromatic carbocycles. The fourth-order valence-electron chi connectivity index (χ4n) is 3.51. The van der Waals surface area contributed by atoms with Gasteiger partial charge in [-0.25, -0.2) is 9.78 Å². The third kappa shape index (κ3) is 2.83. The smallest absolute Gasteiger partial charge is 0.318 e. The quantitative estimate of drug-likeness (QED) is 0.336. The molecule has 0 saturated carbocycles. The van der Waals surface area contributed by atoms with E-state index in [-0.39, 0.29) is 24.0 Å². The van der Waals surface area contributed by atoms with Gasteiger partial charge >= 0.3 is 6.03 Å². The molecule has 0 unspecified atom stereocenters. The van der Waals surface area contributed by atoms with Crippen molar-refractivity contribution in [3.63, 3.8) is 0 Å². The van der Waals surface area contributed by atoms with E-state index in [0.29, 0.717) is 23.9 Å². The van der Waals surface area contributed by atoms with Gasteiger partial charge in [0.25, 0.3) is 5.56 Å². The summed E-state index contributed by atoms with van der Waals surface area (Å²) >= 11 is 3.14. The Morgan fingerprint density at radius 1 is 1.19 bits per heavy atom. The largest absolute Gasteiger partial charge is 0.326 e. The van der Waals surface area contributed by atoms with E-state index in [1.54, 1.807) is 30.0 Å². The first-order valence-corrected chi connectivity index (χ1v) is 10.5. The average molecular weight is 393 g/mol. The zero-order valence-electron chi connectivity index (χ0n) is 14.8. The molecule has 0 bridgehead atoms. The normalized spacial score (nSPS) is 17.0. The lowest BCUT2D eigenvalue weighted by molar-refractivity contribution is -0.125. The van der Waals surface area contributed by atoms with E-state index in [1.165, 1.54) is 32.0 Å². The minimum Gasteiger partial charge on any atom is -0.318 e. The van der Waals surface area contributed by atoms with Gasteiger partial charge in [-0.2, -0.15) is 0 Å². The molecule has 0 radical (unpaired) electrons. The summed E-state index contributed by atoms with van der Waals surface area (Å²) in [5.41, 5.74) is 1.23. The van der Waals surface area contributed by atoms with E-state index < -0.39 is 0 Å². The van der Waals surface area contributed by atoms with E-state index >= 15 is 0 Å². The van der Waals surface area contributed by atoms with Gasteiger partial charge in [0.05, 0.1) is 5.39 Å². The molecule has 138 valence electrons. The number of nitrogens with zero attached hydrogens (tertiary/aromatic N) is 4. The molecule has 26 heavy (non-hydrogen) atoms. The van der Waals surface area contributed by atoms with Crippen LogP contribution in [0.4, 0.5) is 4.79 Å². The van der Waals surface area contributed by atoms with Crippen molar-refractivity contribution in [1.29, 1.82) is 0 Å². The number of thiophene rings is 1. The van der Waals surface area contributed by atoms with Crippen molar-refractivity contribution in [2.45, 2.75) is 30.8 Å². The number of fused-ring (bicyclic) bond motifs is 3. The molecule has 1 aliphatic heterocycles. The molecule has 0 N–H and O–H groups in total. The maximum Gasteiger partial charge on any atom is 0.326 e. The number of aromatic nitrogens is 2. The van der Waals surface area contributed by atoms with Crippen molar-refractivity contribution in [2.75, 3.05) is 25.9 Å². The monoisotopic (exact) mass is 392 g/mol. The first kappa shape index (κ1) is 17.5. The Kier molecular flexibility index (Phi) is 4.52. The van der Waals surface area contributed by atoms with Crippen LogP contribution in [-0.4, -0.2) is 57.2 Å². The second kappa shape index (κ2) is 6.70. The summed E-state index contributed by atoms with van der Waals surface area (Å²) in [7, 11) is 3.39. The first-order valence-electron chi connectivity index (χ1n) is 8.67. The Balaban J connectivity index is 1.45. The molecule has 0 atom stereocenters. The van der Waals surface area contributed by atoms with Crippen LogP contribution in [-0.2, 0) is 24.7 Å². The fraction of sp³-hybridized carbons (Fsp3) is 0.529. The number of hydrogen-bond donors (Lipinski definition) is 0. The van der Waals surface area contributed by atoms with Gasteiger partial charge in [0.2, 0.25) is 5.91 Å². The van der Waals surface area contributed by atoms with Crippen LogP contribution in [0.25, 0.3) is 10.2 Å². The molecule has 9 heteroatoms. The predicted molar refractivity (Wildman–Crippen MR) is 102 cm³/mol. The summed E-state index contributed by atoms with van der Waals surface area (Å²) in [6.45, 7) is 0.556. The molecule has 2 aromatic rings. The van der Waals surface area contributed by atoms with Crippen molar-refractivity contribution in [3.8, 4) is 0 Å². The van der Waals surface area contributed by atoms with Crippen LogP contribution in [0.5, 0.6) is 0 Å². The maximum absolute atomic E-state index is 12.7. The van der Waals surface area contributed by atoms with E-state index in [0.717, 1.165) is 29.5 Å². The van der Waals surface area contributed by atoms with Gasteiger partial charge < -0.3 is 4.90 Å². The highest BCUT2D eigenvalue weighted by molar-refractivity contribution is 7.99. The minimum absolute atomic E-state index is 0.0309. The Morgan fingerprint density at radius 2 is 2.00 bits per heavy atom. The number of imide groups is 1. The average Bonchev–Trinajstić information content (AvgIpc) is 3.24. The van der Waals surface area contributed by atoms with Crippen molar-refractivity contribution in [2.24, 2.45) is 7.05 Å². The third-order valence-electron chi connectivity index (χ3n) is 4.89. The van der Waals surface area contributed by atoms with Gasteiger partial charge in [0, 0.05) is 31.3 Å². The Hall–Kier alpha value is -1.87. The molecule has 1 aliphatic carbocycles. The van der Waals surface area contributed by atoms with E-state index in [2.05, 4.69) is 0 Å². The van der Waals surface area contributed by atoms with Crippen LogP contribution in [0.3, 0.4) is 0 Å². The Morgan fingerprint density at radius 3 is 2.73 bits per heavy atom. The lowest BCUT2D eigenvalue weighted by Crippen LogP contribution is -2.32. The first-order chi connectivity index (χ1) is 12.5. The van der Waals surface area contributed by atoms with Gasteiger partial charge in [-0.05, 0) is 31.2 Å². The van der Waals surface area contributed by atoms with Crippen LogP contribution in [0, 0.1) is 0 Å². The summed E-state index contributed by atoms with van der Waals surface area (Å²) < 4.78 is 1.62. The van der Waals surface area contributed by atoms with Crippen molar-refractivity contribution in [1.82, 2.24) is 19.4 Å². The summed E-state index contributed by atoms with van der Waals surface area (Å²) in [4.78, 5) is 45.9. The van der Waals surface area contributed by atoms with Crippen LogP contribution in [0.1, 0.15) is 23.3 Å². The summed E-state index contributed by atoms with van der Waals surface area (Å²) in [5.74, 6) is 0.542. The summed E-state index contributed by atoms with van der Waals surface area (Å²) in [5, 5.41) is 1.49. The van der Waals surface area contributed by atoms with Gasteiger partial charge in [-0.1, -0.05) is 11.8 Å². The lowest BCUT2D eigenvalue weighted by atomic mass is 10.2. The standard InChI is InChI=1S/C17H20N4O3S2/c1-19-9-12(22)21(17(19)24)7-4-8-25-16-18-14-13(15(23)20(16)2)10-5-3-6-11(10)26-14/h3-9H2,1-2H3. The Labute approximate surface area is 159 Å². The highest BCUT2D eigenvalue weighted by atomic mass is 32.2. The van der Waals surface area contributed by atoms with E-state index in [4.69, 9.17) is 4.98 Å². The zero-order valence-corrected chi connectivity index (χ0v) is 16.4. The summed E-state index contributed by atoms with van der Waals surface area (Å²) in [6.07, 6.45) is 3.82. The number of aryl methyl sites for hydroxylation is 2. The Bertz CT molecular complexity index is 965. The number of carbonyl (C=O) groups excluding carboxylic acids is 2. The lowest BCUT2D eigenvalue weighted by Gasteiger charge is -2.13. The molecule has 1 saturated heterocycles. The second-order valence-corrected chi connectivity index (χ2v) is 8.83. The number of likely N-dealkylation sites (N-methyl/N-ethyl adjacent to an activating group) is 1. The number of rotatable bonds is 5. The number of thioether (sulfide) groups is 1. The molecule has 4 rings (SSSR count). The number of carbonyl (C=O) groups is 2. The number of urea groups is 1. The van der Waals surface area contributed by atoms with Crippen LogP contribution < -0.4 is 5.56 Å². The summed E-state index contributed by atoms with van der Waals surface area (Å²) in [6, 6.07) is -0.236. The molecular formula is C17H20N4O3S2. The van der Waals surface area contributed by atoms with Gasteiger partial charge in [0.15, 0.2) is 5.16 Å². The SMILES string of the molecule is CN1CC(=O)N(CCCSc2nc3sc4c(c3c(=O)n2C)CCC4)C1=O. The third-order valence-corrected chi connectivity index (χ3v) is 7.20. The van der Waals surface area contributed by atoms with E-state index in [9.17, 15) is 14.4 Å². The molecule has 7 nitrogen and oxygen atoms in total. The molecule has 2 aliphatic rings. The van der Waals surface area contributed by atoms with Gasteiger partial charge in [0.1, 0.15) is 11.4 Å². The highest BCUT2D eigenvalue weighted by Crippen LogP contribution is 2.35. The maximum atomic E-state index is 12.7. The second-order valence-electron chi connectivity index (χ2n) is 6.68. The molecular weight excluding hydrogens is 372 g/mol. The number of hydrogen-bond acceptors (Lipinski definition) is 6. The molecule has 3 amide bonds. The predicted octanol–water partition coefficient (Wildman–Crippen LogP) is 1.86. The van der Waals surface area contributed by atoms with Crippen LogP contribution >= 0.6 is 23.1 Å². The fourth-order valence-corrected chi connectivity index (χ4v) is 5.71. The molecule has 3 heterocycles. The van der Waals surface area contributed by atoms with E-state index in [1.807, 2.05) is 0 Å². The van der Waals surface area contributed by atoms with Gasteiger partial charge in [-0.15, -0.1) is 11.3 Å². The zero-order chi connectivity index (χ0) is 18.4. The van der Waals surface area contributed by atoms with Crippen LogP contribution in [0.15, 0.2) is 9.95 Å². The van der Waals surface area contributed by atoms with Crippen LogP contribution in [0.2, 0.25) is 0 Å². The van der Waals surface area contributed by atoms with Crippen molar-refractivity contribution in [3.05, 3.63) is 20.8 Å². The minimum atomic E-state index is -0.236.